The number of piperazine rings is 1. The smallest absolute Gasteiger partial charge is 0.225 e. The van der Waals surface area contributed by atoms with Gasteiger partial charge in [-0.1, -0.05) is 0 Å². The molecule has 5 heterocycles. The van der Waals surface area contributed by atoms with Gasteiger partial charge in [0.05, 0.1) is 0 Å². The van der Waals surface area contributed by atoms with Crippen LogP contribution < -0.4 is 4.90 Å². The molecule has 0 amide bonds. The van der Waals surface area contributed by atoms with Crippen LogP contribution in [0.4, 0.5) is 5.95 Å². The summed E-state index contributed by atoms with van der Waals surface area (Å²) in [5, 5.41) is 0. The van der Waals surface area contributed by atoms with Crippen molar-refractivity contribution in [2.75, 3.05) is 50.7 Å². The molecule has 1 unspecified atom stereocenters. The molecule has 4 saturated heterocycles. The molecule has 4 aliphatic heterocycles. The topological polar surface area (TPSA) is 35.5 Å². The van der Waals surface area contributed by atoms with E-state index in [2.05, 4.69) is 24.7 Å². The first-order valence-electron chi connectivity index (χ1n) is 8.37. The molecule has 0 aliphatic carbocycles. The highest BCUT2D eigenvalue weighted by Crippen LogP contribution is 2.32. The van der Waals surface area contributed by atoms with E-state index in [0.717, 1.165) is 44.1 Å². The Morgan fingerprint density at radius 2 is 1.67 bits per heavy atom. The molecule has 0 radical (unpaired) electrons. The molecule has 5 heteroatoms. The van der Waals surface area contributed by atoms with Crippen LogP contribution in [0.25, 0.3) is 0 Å². The van der Waals surface area contributed by atoms with E-state index >= 15 is 0 Å². The molecule has 4 fully saturated rings. The summed E-state index contributed by atoms with van der Waals surface area (Å²) in [6.07, 6.45) is 7.98. The summed E-state index contributed by atoms with van der Waals surface area (Å²) < 4.78 is 0. The first-order valence-corrected chi connectivity index (χ1v) is 8.37. The maximum atomic E-state index is 4.36. The van der Waals surface area contributed by atoms with Crippen molar-refractivity contribution in [3.63, 3.8) is 0 Å². The van der Waals surface area contributed by atoms with Gasteiger partial charge in [-0.05, 0) is 44.3 Å². The zero-order valence-electron chi connectivity index (χ0n) is 12.7. The summed E-state index contributed by atoms with van der Waals surface area (Å²) in [4.78, 5) is 16.4. The second-order valence-electron chi connectivity index (χ2n) is 6.71. The van der Waals surface area contributed by atoms with E-state index in [-0.39, 0.29) is 0 Å². The molecule has 1 aromatic rings. The van der Waals surface area contributed by atoms with Crippen LogP contribution in [0.1, 0.15) is 19.3 Å². The third kappa shape index (κ3) is 2.90. The SMILES string of the molecule is c1cnc(N2CCN(CC3CC4CCN3CC4)CC2)nc1. The molecule has 5 rings (SSSR count). The highest BCUT2D eigenvalue weighted by molar-refractivity contribution is 5.29. The molecule has 21 heavy (non-hydrogen) atoms. The summed E-state index contributed by atoms with van der Waals surface area (Å²) in [6, 6.07) is 2.70. The molecule has 0 spiro atoms. The first-order chi connectivity index (χ1) is 10.4. The number of piperidine rings is 3. The Morgan fingerprint density at radius 1 is 0.952 bits per heavy atom. The summed E-state index contributed by atoms with van der Waals surface area (Å²) in [6.45, 7) is 8.35. The minimum absolute atomic E-state index is 0.817. The van der Waals surface area contributed by atoms with E-state index in [9.17, 15) is 0 Å². The highest BCUT2D eigenvalue weighted by atomic mass is 15.3. The maximum absolute atomic E-state index is 4.36. The summed E-state index contributed by atoms with van der Waals surface area (Å²) in [7, 11) is 0. The normalized spacial score (nSPS) is 33.3. The molecule has 0 N–H and O–H groups in total. The van der Waals surface area contributed by atoms with Crippen LogP contribution in [-0.4, -0.2) is 71.6 Å². The average molecular weight is 287 g/mol. The van der Waals surface area contributed by atoms with Crippen molar-refractivity contribution in [2.24, 2.45) is 5.92 Å². The van der Waals surface area contributed by atoms with Crippen LogP contribution in [0.3, 0.4) is 0 Å². The predicted octanol–water partition coefficient (Wildman–Crippen LogP) is 1.08. The molecule has 1 aromatic heterocycles. The minimum Gasteiger partial charge on any atom is -0.338 e. The third-order valence-corrected chi connectivity index (χ3v) is 5.45. The molecular weight excluding hydrogens is 262 g/mol. The summed E-state index contributed by atoms with van der Waals surface area (Å²) >= 11 is 0. The largest absolute Gasteiger partial charge is 0.338 e. The molecule has 114 valence electrons. The zero-order valence-corrected chi connectivity index (χ0v) is 12.7. The Balaban J connectivity index is 1.30. The van der Waals surface area contributed by atoms with Crippen molar-refractivity contribution in [1.29, 1.82) is 0 Å². The Kier molecular flexibility index (Phi) is 3.78. The van der Waals surface area contributed by atoms with Gasteiger partial charge in [-0.25, -0.2) is 9.97 Å². The van der Waals surface area contributed by atoms with E-state index < -0.39 is 0 Å². The molecule has 4 aliphatic rings. The highest BCUT2D eigenvalue weighted by Gasteiger charge is 2.34. The fourth-order valence-electron chi connectivity index (χ4n) is 4.16. The van der Waals surface area contributed by atoms with Gasteiger partial charge >= 0.3 is 0 Å². The summed E-state index contributed by atoms with van der Waals surface area (Å²) in [5.41, 5.74) is 0. The molecule has 0 saturated carbocycles. The summed E-state index contributed by atoms with van der Waals surface area (Å²) in [5.74, 6) is 1.90. The number of nitrogens with zero attached hydrogens (tertiary/aromatic N) is 5. The van der Waals surface area contributed by atoms with E-state index in [1.165, 1.54) is 38.9 Å². The lowest BCUT2D eigenvalue weighted by Crippen LogP contribution is -2.56. The van der Waals surface area contributed by atoms with E-state index in [1.54, 1.807) is 0 Å². The monoisotopic (exact) mass is 287 g/mol. The maximum Gasteiger partial charge on any atom is 0.225 e. The van der Waals surface area contributed by atoms with Crippen LogP contribution in [0, 0.1) is 5.92 Å². The third-order valence-electron chi connectivity index (χ3n) is 5.45. The average Bonchev–Trinajstić information content (AvgIpc) is 2.57. The van der Waals surface area contributed by atoms with Gasteiger partial charge in [-0.15, -0.1) is 0 Å². The van der Waals surface area contributed by atoms with Crippen molar-refractivity contribution < 1.29 is 0 Å². The number of anilines is 1. The quantitative estimate of drug-likeness (QED) is 0.831. The van der Waals surface area contributed by atoms with Gasteiger partial charge in [0.15, 0.2) is 0 Å². The molecule has 2 bridgehead atoms. The van der Waals surface area contributed by atoms with Crippen molar-refractivity contribution in [3.05, 3.63) is 18.5 Å². The van der Waals surface area contributed by atoms with Gasteiger partial charge in [-0.2, -0.15) is 0 Å². The van der Waals surface area contributed by atoms with E-state index in [1.807, 2.05) is 18.5 Å². The Morgan fingerprint density at radius 3 is 2.29 bits per heavy atom. The first kappa shape index (κ1) is 13.5. The van der Waals surface area contributed by atoms with Crippen molar-refractivity contribution in [1.82, 2.24) is 19.8 Å². The minimum atomic E-state index is 0.817. The lowest BCUT2D eigenvalue weighted by Gasteiger charge is -2.47. The second-order valence-corrected chi connectivity index (χ2v) is 6.71. The Labute approximate surface area is 127 Å². The van der Waals surface area contributed by atoms with Gasteiger partial charge in [0.25, 0.3) is 0 Å². The van der Waals surface area contributed by atoms with E-state index in [0.29, 0.717) is 0 Å². The molecular formula is C16H25N5. The fraction of sp³-hybridized carbons (Fsp3) is 0.750. The number of aromatic nitrogens is 2. The molecule has 5 nitrogen and oxygen atoms in total. The second kappa shape index (κ2) is 5.89. The van der Waals surface area contributed by atoms with Crippen molar-refractivity contribution in [3.8, 4) is 0 Å². The Hall–Kier alpha value is -1.20. The molecule has 1 atom stereocenters. The van der Waals surface area contributed by atoms with Gasteiger partial charge in [0, 0.05) is 51.2 Å². The van der Waals surface area contributed by atoms with Gasteiger partial charge in [0.1, 0.15) is 0 Å². The van der Waals surface area contributed by atoms with Gasteiger partial charge in [0.2, 0.25) is 5.95 Å². The predicted molar refractivity (Wildman–Crippen MR) is 83.4 cm³/mol. The van der Waals surface area contributed by atoms with Crippen LogP contribution >= 0.6 is 0 Å². The van der Waals surface area contributed by atoms with Crippen molar-refractivity contribution in [2.45, 2.75) is 25.3 Å². The van der Waals surface area contributed by atoms with E-state index in [4.69, 9.17) is 0 Å². The standard InChI is InChI=1S/C16H25N5/c1-4-17-16(18-5-1)21-10-8-19(9-11-21)13-15-12-14-2-6-20(15)7-3-14/h1,4-5,14-15H,2-3,6-13H2. The van der Waals surface area contributed by atoms with Crippen LogP contribution in [0.5, 0.6) is 0 Å². The number of hydrogen-bond donors (Lipinski definition) is 0. The zero-order chi connectivity index (χ0) is 14.1. The number of fused-ring (bicyclic) bond motifs is 3. The lowest BCUT2D eigenvalue weighted by molar-refractivity contribution is 0.0273. The van der Waals surface area contributed by atoms with Crippen LogP contribution in [0.2, 0.25) is 0 Å². The lowest BCUT2D eigenvalue weighted by atomic mass is 9.83. The number of rotatable bonds is 3. The van der Waals surface area contributed by atoms with Gasteiger partial charge in [-0.3, -0.25) is 9.80 Å². The van der Waals surface area contributed by atoms with Crippen LogP contribution in [0.15, 0.2) is 18.5 Å². The van der Waals surface area contributed by atoms with Crippen LogP contribution in [-0.2, 0) is 0 Å². The Bertz CT molecular complexity index is 449. The van der Waals surface area contributed by atoms with Crippen molar-refractivity contribution >= 4 is 5.95 Å². The number of hydrogen-bond acceptors (Lipinski definition) is 5. The van der Waals surface area contributed by atoms with Gasteiger partial charge < -0.3 is 4.90 Å². The fourth-order valence-corrected chi connectivity index (χ4v) is 4.16. The molecule has 0 aromatic carbocycles.